The Hall–Kier alpha value is -2.05. The smallest absolute Gasteiger partial charge is 0.272 e. The van der Waals surface area contributed by atoms with E-state index < -0.39 is 0 Å². The molecule has 1 aromatic rings. The zero-order chi connectivity index (χ0) is 10.6. The van der Waals surface area contributed by atoms with Crippen LogP contribution in [0.3, 0.4) is 0 Å². The summed E-state index contributed by atoms with van der Waals surface area (Å²) in [5, 5.41) is 17.2. The molecule has 0 spiro atoms. The van der Waals surface area contributed by atoms with Gasteiger partial charge >= 0.3 is 0 Å². The molecule has 1 aromatic heterocycles. The van der Waals surface area contributed by atoms with Crippen molar-refractivity contribution in [1.29, 1.82) is 0 Å². The molecule has 7 nitrogen and oxygen atoms in total. The molecule has 4 N–H and O–H groups in total. The fourth-order valence-corrected chi connectivity index (χ4v) is 0.927. The first-order chi connectivity index (χ1) is 6.65. The van der Waals surface area contributed by atoms with E-state index in [-0.39, 0.29) is 18.3 Å². The van der Waals surface area contributed by atoms with Gasteiger partial charge in [0.15, 0.2) is 5.84 Å². The third kappa shape index (κ3) is 2.22. The highest BCUT2D eigenvalue weighted by molar-refractivity contribution is 5.95. The Kier molecular flexibility index (Phi) is 3.05. The lowest BCUT2D eigenvalue weighted by Crippen LogP contribution is -2.35. The molecule has 0 fully saturated rings. The van der Waals surface area contributed by atoms with Crippen LogP contribution in [-0.4, -0.2) is 45.6 Å². The second-order valence-corrected chi connectivity index (χ2v) is 2.72. The first-order valence-electron chi connectivity index (χ1n) is 3.86. The third-order valence-electron chi connectivity index (χ3n) is 1.61. The number of carbonyl (C=O) groups is 1. The van der Waals surface area contributed by atoms with Gasteiger partial charge in [0.25, 0.3) is 5.91 Å². The number of amidine groups is 1. The summed E-state index contributed by atoms with van der Waals surface area (Å²) in [5.74, 6) is -0.297. The number of nitrogens with zero attached hydrogens (tertiary/aromatic N) is 3. The number of nitrogens with one attached hydrogen (secondary N) is 1. The predicted octanol–water partition coefficient (Wildman–Crippen LogP) is -0.772. The Bertz CT molecular complexity index is 332. The number of oxime groups is 1. The van der Waals surface area contributed by atoms with Gasteiger partial charge in [0, 0.05) is 13.2 Å². The largest absolute Gasteiger partial charge is 0.409 e. The number of rotatable bonds is 3. The van der Waals surface area contributed by atoms with Crippen molar-refractivity contribution in [3.05, 3.63) is 18.0 Å². The van der Waals surface area contributed by atoms with Gasteiger partial charge in [-0.2, -0.15) is 5.10 Å². The molecule has 7 heteroatoms. The van der Waals surface area contributed by atoms with E-state index >= 15 is 0 Å². The Morgan fingerprint density at radius 3 is 3.07 bits per heavy atom. The summed E-state index contributed by atoms with van der Waals surface area (Å²) in [6, 6.07) is 1.55. The van der Waals surface area contributed by atoms with Crippen LogP contribution in [0.15, 0.2) is 17.4 Å². The standard InChI is InChI=1S/C7H11N5O2/c1-12(4-6(8)11-14)7(13)5-2-3-9-10-5/h2-3,14H,4H2,1H3,(H2,8,11)(H,9,10). The minimum atomic E-state index is -0.269. The molecule has 0 aromatic carbocycles. The highest BCUT2D eigenvalue weighted by Gasteiger charge is 2.13. The van der Waals surface area contributed by atoms with Crippen LogP contribution in [0.5, 0.6) is 0 Å². The number of amides is 1. The van der Waals surface area contributed by atoms with Crippen molar-refractivity contribution in [3.8, 4) is 0 Å². The Morgan fingerprint density at radius 1 is 1.86 bits per heavy atom. The molecule has 0 unspecified atom stereocenters. The summed E-state index contributed by atoms with van der Waals surface area (Å²) >= 11 is 0. The van der Waals surface area contributed by atoms with Gasteiger partial charge in [-0.1, -0.05) is 5.16 Å². The van der Waals surface area contributed by atoms with E-state index in [1.807, 2.05) is 0 Å². The van der Waals surface area contributed by atoms with Crippen molar-refractivity contribution < 1.29 is 10.0 Å². The topological polar surface area (TPSA) is 108 Å². The number of H-pyrrole nitrogens is 1. The molecule has 1 heterocycles. The van der Waals surface area contributed by atoms with Crippen LogP contribution in [0.25, 0.3) is 0 Å². The average Bonchev–Trinajstić information content (AvgIpc) is 2.69. The van der Waals surface area contributed by atoms with Crippen molar-refractivity contribution in [3.63, 3.8) is 0 Å². The third-order valence-corrected chi connectivity index (χ3v) is 1.61. The lowest BCUT2D eigenvalue weighted by atomic mass is 10.3. The SMILES string of the molecule is CN(CC(N)=NO)C(=O)c1ccn[nH]1. The van der Waals surface area contributed by atoms with E-state index in [4.69, 9.17) is 10.9 Å². The fourth-order valence-electron chi connectivity index (χ4n) is 0.927. The van der Waals surface area contributed by atoms with Crippen LogP contribution in [0.1, 0.15) is 10.5 Å². The summed E-state index contributed by atoms with van der Waals surface area (Å²) in [5.41, 5.74) is 5.60. The molecule has 0 saturated carbocycles. The molecule has 0 aliphatic heterocycles. The van der Waals surface area contributed by atoms with Gasteiger partial charge in [-0.25, -0.2) is 0 Å². The van der Waals surface area contributed by atoms with Gasteiger partial charge < -0.3 is 15.8 Å². The van der Waals surface area contributed by atoms with Gasteiger partial charge in [-0.05, 0) is 6.07 Å². The van der Waals surface area contributed by atoms with Crippen LogP contribution >= 0.6 is 0 Å². The first-order valence-corrected chi connectivity index (χ1v) is 3.86. The second kappa shape index (κ2) is 4.26. The van der Waals surface area contributed by atoms with Gasteiger partial charge in [-0.15, -0.1) is 0 Å². The van der Waals surface area contributed by atoms with Crippen LogP contribution in [-0.2, 0) is 0 Å². The maximum absolute atomic E-state index is 11.5. The average molecular weight is 197 g/mol. The normalized spacial score (nSPS) is 11.4. The summed E-state index contributed by atoms with van der Waals surface area (Å²) in [7, 11) is 1.54. The van der Waals surface area contributed by atoms with Gasteiger partial charge in [0.05, 0.1) is 6.54 Å². The maximum Gasteiger partial charge on any atom is 0.272 e. The molecule has 0 bridgehead atoms. The molecule has 0 radical (unpaired) electrons. The molecule has 0 atom stereocenters. The predicted molar refractivity (Wildman–Crippen MR) is 49.0 cm³/mol. The number of carbonyl (C=O) groups excluding carboxylic acids is 1. The van der Waals surface area contributed by atoms with Crippen molar-refractivity contribution in [1.82, 2.24) is 15.1 Å². The molecule has 1 rings (SSSR count). The van der Waals surface area contributed by atoms with Crippen molar-refractivity contribution >= 4 is 11.7 Å². The zero-order valence-electron chi connectivity index (χ0n) is 7.64. The molecule has 0 saturated heterocycles. The van der Waals surface area contributed by atoms with Crippen LogP contribution in [0.2, 0.25) is 0 Å². The molecule has 0 aliphatic rings. The Labute approximate surface area is 80.2 Å². The summed E-state index contributed by atoms with van der Waals surface area (Å²) in [4.78, 5) is 12.8. The van der Waals surface area contributed by atoms with Gasteiger partial charge in [0.2, 0.25) is 0 Å². The van der Waals surface area contributed by atoms with E-state index in [2.05, 4.69) is 15.4 Å². The quantitative estimate of drug-likeness (QED) is 0.256. The second-order valence-electron chi connectivity index (χ2n) is 2.72. The number of hydrogen-bond donors (Lipinski definition) is 3. The number of likely N-dealkylation sites (N-methyl/N-ethyl adjacent to an activating group) is 1. The highest BCUT2D eigenvalue weighted by atomic mass is 16.4. The summed E-state index contributed by atoms with van der Waals surface area (Å²) in [6.45, 7) is 0.0638. The van der Waals surface area contributed by atoms with E-state index in [0.717, 1.165) is 0 Å². The molecule has 0 aliphatic carbocycles. The van der Waals surface area contributed by atoms with Crippen molar-refractivity contribution in [2.75, 3.05) is 13.6 Å². The molecule has 76 valence electrons. The van der Waals surface area contributed by atoms with E-state index in [1.165, 1.54) is 11.1 Å². The zero-order valence-corrected chi connectivity index (χ0v) is 7.64. The lowest BCUT2D eigenvalue weighted by molar-refractivity contribution is 0.0808. The van der Waals surface area contributed by atoms with E-state index in [1.54, 1.807) is 13.1 Å². The molecule has 1 amide bonds. The Balaban J connectivity index is 2.62. The maximum atomic E-state index is 11.5. The minimum absolute atomic E-state index is 0.0274. The fraction of sp³-hybridized carbons (Fsp3) is 0.286. The molecular weight excluding hydrogens is 186 g/mol. The molecular formula is C7H11N5O2. The van der Waals surface area contributed by atoms with E-state index in [0.29, 0.717) is 5.69 Å². The number of hydrogen-bond acceptors (Lipinski definition) is 4. The van der Waals surface area contributed by atoms with Crippen LogP contribution in [0, 0.1) is 0 Å². The Morgan fingerprint density at radius 2 is 2.57 bits per heavy atom. The summed E-state index contributed by atoms with van der Waals surface area (Å²) in [6.07, 6.45) is 1.48. The first kappa shape index (κ1) is 10.0. The summed E-state index contributed by atoms with van der Waals surface area (Å²) < 4.78 is 0. The molecule has 14 heavy (non-hydrogen) atoms. The van der Waals surface area contributed by atoms with Crippen LogP contribution < -0.4 is 5.73 Å². The van der Waals surface area contributed by atoms with Gasteiger partial charge in [0.1, 0.15) is 5.69 Å². The van der Waals surface area contributed by atoms with Gasteiger partial charge in [-0.3, -0.25) is 9.89 Å². The van der Waals surface area contributed by atoms with Crippen molar-refractivity contribution in [2.45, 2.75) is 0 Å². The highest BCUT2D eigenvalue weighted by Crippen LogP contribution is 1.97. The number of aromatic amines is 1. The number of aromatic nitrogens is 2. The van der Waals surface area contributed by atoms with Crippen molar-refractivity contribution in [2.24, 2.45) is 10.9 Å². The monoisotopic (exact) mass is 197 g/mol. The van der Waals surface area contributed by atoms with Crippen LogP contribution in [0.4, 0.5) is 0 Å². The minimum Gasteiger partial charge on any atom is -0.409 e. The lowest BCUT2D eigenvalue weighted by Gasteiger charge is -2.14. The van der Waals surface area contributed by atoms with E-state index in [9.17, 15) is 4.79 Å². The number of nitrogens with two attached hydrogens (primary N) is 1.